The largest absolute Gasteiger partial charge is 0.313 e. The van der Waals surface area contributed by atoms with Crippen LogP contribution in [0.3, 0.4) is 0 Å². The van der Waals surface area contributed by atoms with Crippen molar-refractivity contribution < 1.29 is 0 Å². The Balaban J connectivity index is 2.32. The summed E-state index contributed by atoms with van der Waals surface area (Å²) in [6, 6.07) is 3.79. The van der Waals surface area contributed by atoms with Gasteiger partial charge in [-0.25, -0.2) is 9.97 Å². The van der Waals surface area contributed by atoms with E-state index in [0.717, 1.165) is 25.2 Å². The maximum atomic E-state index is 8.65. The summed E-state index contributed by atoms with van der Waals surface area (Å²) < 4.78 is 0. The number of hydrogen-bond donors (Lipinski definition) is 1. The molecular formula is C10H10N4. The second-order valence-electron chi connectivity index (χ2n) is 3.06. The molecule has 0 saturated heterocycles. The standard InChI is InChI=1S/C10H10N4/c11-7-10-13-6-3-9(14-10)8-1-4-12-5-2-8/h1,3,6,12H,2,4-5H2. The van der Waals surface area contributed by atoms with Gasteiger partial charge in [0.25, 0.3) is 0 Å². The monoisotopic (exact) mass is 186 g/mol. The van der Waals surface area contributed by atoms with Crippen LogP contribution in [0.4, 0.5) is 0 Å². The molecule has 1 aliphatic heterocycles. The van der Waals surface area contributed by atoms with Crippen molar-refractivity contribution in [2.45, 2.75) is 6.42 Å². The van der Waals surface area contributed by atoms with Crippen molar-refractivity contribution in [2.24, 2.45) is 0 Å². The number of hydrogen-bond acceptors (Lipinski definition) is 4. The van der Waals surface area contributed by atoms with Gasteiger partial charge in [-0.2, -0.15) is 5.26 Å². The average molecular weight is 186 g/mol. The van der Waals surface area contributed by atoms with Crippen molar-refractivity contribution in [1.29, 1.82) is 5.26 Å². The van der Waals surface area contributed by atoms with Gasteiger partial charge in [-0.3, -0.25) is 0 Å². The molecule has 1 aliphatic rings. The molecule has 4 heteroatoms. The molecule has 0 fully saturated rings. The van der Waals surface area contributed by atoms with Gasteiger partial charge in [0.2, 0.25) is 5.82 Å². The first-order chi connectivity index (χ1) is 6.90. The first-order valence-corrected chi connectivity index (χ1v) is 4.53. The highest BCUT2D eigenvalue weighted by molar-refractivity contribution is 5.63. The molecule has 2 rings (SSSR count). The van der Waals surface area contributed by atoms with E-state index in [9.17, 15) is 0 Å². The molecule has 0 atom stereocenters. The molecule has 70 valence electrons. The van der Waals surface area contributed by atoms with Crippen LogP contribution in [-0.4, -0.2) is 23.1 Å². The number of aromatic nitrogens is 2. The SMILES string of the molecule is N#Cc1nccc(C2=CCNCC2)n1. The fourth-order valence-electron chi connectivity index (χ4n) is 1.45. The molecule has 0 bridgehead atoms. The van der Waals surface area contributed by atoms with Crippen molar-refractivity contribution in [3.8, 4) is 6.07 Å². The zero-order chi connectivity index (χ0) is 9.80. The summed E-state index contributed by atoms with van der Waals surface area (Å²) in [6.07, 6.45) is 4.69. The minimum atomic E-state index is 0.238. The lowest BCUT2D eigenvalue weighted by atomic mass is 10.1. The molecule has 4 nitrogen and oxygen atoms in total. The number of nitrogens with one attached hydrogen (secondary N) is 1. The second-order valence-corrected chi connectivity index (χ2v) is 3.06. The molecule has 0 aromatic carbocycles. The Labute approximate surface area is 82.3 Å². The van der Waals surface area contributed by atoms with Gasteiger partial charge in [-0.05, 0) is 24.6 Å². The summed E-state index contributed by atoms with van der Waals surface area (Å²) in [5.74, 6) is 0.238. The molecule has 1 aromatic rings. The Morgan fingerprint density at radius 3 is 3.14 bits per heavy atom. The highest BCUT2D eigenvalue weighted by Gasteiger charge is 2.07. The smallest absolute Gasteiger partial charge is 0.232 e. The maximum absolute atomic E-state index is 8.65. The third-order valence-corrected chi connectivity index (χ3v) is 2.15. The van der Waals surface area contributed by atoms with Gasteiger partial charge in [0.15, 0.2) is 0 Å². The van der Waals surface area contributed by atoms with Crippen molar-refractivity contribution >= 4 is 5.57 Å². The topological polar surface area (TPSA) is 61.6 Å². The zero-order valence-corrected chi connectivity index (χ0v) is 7.70. The van der Waals surface area contributed by atoms with Gasteiger partial charge in [-0.15, -0.1) is 0 Å². The second kappa shape index (κ2) is 3.99. The normalized spacial score (nSPS) is 15.8. The summed E-state index contributed by atoms with van der Waals surface area (Å²) in [5.41, 5.74) is 2.07. The predicted molar refractivity (Wildman–Crippen MR) is 52.2 cm³/mol. The molecular weight excluding hydrogens is 176 g/mol. The Kier molecular flexibility index (Phi) is 2.52. The van der Waals surface area contributed by atoms with E-state index in [1.54, 1.807) is 6.20 Å². The van der Waals surface area contributed by atoms with Crippen molar-refractivity contribution in [3.05, 3.63) is 29.9 Å². The summed E-state index contributed by atoms with van der Waals surface area (Å²) >= 11 is 0. The van der Waals surface area contributed by atoms with Crippen molar-refractivity contribution in [1.82, 2.24) is 15.3 Å². The molecule has 0 aliphatic carbocycles. The first kappa shape index (κ1) is 8.85. The summed E-state index contributed by atoms with van der Waals surface area (Å²) in [4.78, 5) is 7.98. The van der Waals surface area contributed by atoms with Crippen molar-refractivity contribution in [3.63, 3.8) is 0 Å². The van der Waals surface area contributed by atoms with E-state index in [1.165, 1.54) is 5.57 Å². The van der Waals surface area contributed by atoms with Gasteiger partial charge >= 0.3 is 0 Å². The van der Waals surface area contributed by atoms with Crippen LogP contribution in [0.5, 0.6) is 0 Å². The van der Waals surface area contributed by atoms with Crippen LogP contribution in [0, 0.1) is 11.3 Å². The first-order valence-electron chi connectivity index (χ1n) is 4.53. The summed E-state index contributed by atoms with van der Waals surface area (Å²) in [6.45, 7) is 1.85. The van der Waals surface area contributed by atoms with Crippen LogP contribution in [0.15, 0.2) is 18.3 Å². The number of nitriles is 1. The van der Waals surface area contributed by atoms with Gasteiger partial charge < -0.3 is 5.32 Å². The molecule has 0 unspecified atom stereocenters. The van der Waals surface area contributed by atoms with Crippen LogP contribution in [-0.2, 0) is 0 Å². The van der Waals surface area contributed by atoms with Crippen LogP contribution in [0.2, 0.25) is 0 Å². The Bertz CT molecular complexity index is 403. The van der Waals surface area contributed by atoms with Gasteiger partial charge in [-0.1, -0.05) is 6.08 Å². The molecule has 14 heavy (non-hydrogen) atoms. The van der Waals surface area contributed by atoms with Crippen molar-refractivity contribution in [2.75, 3.05) is 13.1 Å². The zero-order valence-electron chi connectivity index (χ0n) is 7.70. The fraction of sp³-hybridized carbons (Fsp3) is 0.300. The molecule has 1 N–H and O–H groups in total. The summed E-state index contributed by atoms with van der Waals surface area (Å²) in [7, 11) is 0. The molecule has 0 radical (unpaired) electrons. The fourth-order valence-corrected chi connectivity index (χ4v) is 1.45. The van der Waals surface area contributed by atoms with Crippen LogP contribution in [0.25, 0.3) is 5.57 Å². The molecule has 2 heterocycles. The average Bonchev–Trinajstić information content (AvgIpc) is 2.30. The van der Waals surface area contributed by atoms with E-state index < -0.39 is 0 Å². The minimum absolute atomic E-state index is 0.238. The van der Waals surface area contributed by atoms with E-state index in [4.69, 9.17) is 5.26 Å². The van der Waals surface area contributed by atoms with E-state index in [2.05, 4.69) is 21.4 Å². The van der Waals surface area contributed by atoms with E-state index in [-0.39, 0.29) is 5.82 Å². The van der Waals surface area contributed by atoms with Gasteiger partial charge in [0.05, 0.1) is 5.69 Å². The lowest BCUT2D eigenvalue weighted by Gasteiger charge is -2.12. The lowest BCUT2D eigenvalue weighted by Crippen LogP contribution is -2.20. The lowest BCUT2D eigenvalue weighted by molar-refractivity contribution is 0.736. The van der Waals surface area contributed by atoms with E-state index in [0.29, 0.717) is 0 Å². The van der Waals surface area contributed by atoms with Crippen LogP contribution >= 0.6 is 0 Å². The molecule has 0 amide bonds. The third kappa shape index (κ3) is 1.78. The van der Waals surface area contributed by atoms with Crippen LogP contribution in [0.1, 0.15) is 17.9 Å². The maximum Gasteiger partial charge on any atom is 0.232 e. The van der Waals surface area contributed by atoms with Gasteiger partial charge in [0.1, 0.15) is 6.07 Å². The molecule has 1 aromatic heterocycles. The Morgan fingerprint density at radius 2 is 2.43 bits per heavy atom. The van der Waals surface area contributed by atoms with Crippen LogP contribution < -0.4 is 5.32 Å². The summed E-state index contributed by atoms with van der Waals surface area (Å²) in [5, 5.41) is 11.9. The van der Waals surface area contributed by atoms with E-state index in [1.807, 2.05) is 12.1 Å². The minimum Gasteiger partial charge on any atom is -0.313 e. The highest BCUT2D eigenvalue weighted by atomic mass is 14.9. The predicted octanol–water partition coefficient (Wildman–Crippen LogP) is 0.725. The van der Waals surface area contributed by atoms with E-state index >= 15 is 0 Å². The number of nitrogens with zero attached hydrogens (tertiary/aromatic N) is 3. The highest BCUT2D eigenvalue weighted by Crippen LogP contribution is 2.16. The van der Waals surface area contributed by atoms with Gasteiger partial charge in [0, 0.05) is 12.7 Å². The quantitative estimate of drug-likeness (QED) is 0.702. The Morgan fingerprint density at radius 1 is 1.50 bits per heavy atom. The number of rotatable bonds is 1. The third-order valence-electron chi connectivity index (χ3n) is 2.15. The Hall–Kier alpha value is -1.73. The molecule has 0 saturated carbocycles. The molecule has 0 spiro atoms.